The first-order chi connectivity index (χ1) is 10.3. The molecule has 0 aromatic carbocycles. The van der Waals surface area contributed by atoms with Crippen molar-refractivity contribution >= 4 is 0 Å². The Morgan fingerprint density at radius 1 is 1.18 bits per heavy atom. The highest BCUT2D eigenvalue weighted by molar-refractivity contribution is 5.35. The van der Waals surface area contributed by atoms with Crippen LogP contribution in [0.5, 0.6) is 0 Å². The number of allylic oxidation sites excluding steroid dienone is 2. The van der Waals surface area contributed by atoms with Crippen molar-refractivity contribution in [3.05, 3.63) is 23.8 Å². The van der Waals surface area contributed by atoms with Gasteiger partial charge in [0.05, 0.1) is 6.10 Å². The summed E-state index contributed by atoms with van der Waals surface area (Å²) in [5, 5.41) is 10.5. The van der Waals surface area contributed by atoms with Crippen molar-refractivity contribution < 1.29 is 5.11 Å². The summed E-state index contributed by atoms with van der Waals surface area (Å²) in [6, 6.07) is 0. The second-order valence-electron chi connectivity index (χ2n) is 8.81. The molecule has 2 fully saturated rings. The fourth-order valence-corrected chi connectivity index (χ4v) is 6.26. The number of nitrogens with two attached hydrogens (primary N) is 1. The Balaban J connectivity index is 1.71. The molecule has 0 heterocycles. The average molecular weight is 301 g/mol. The number of rotatable bonds is 0. The zero-order valence-corrected chi connectivity index (χ0v) is 13.8. The summed E-state index contributed by atoms with van der Waals surface area (Å²) in [4.78, 5) is 0. The van der Waals surface area contributed by atoms with E-state index in [1.807, 2.05) is 6.08 Å². The number of fused-ring (bicyclic) bond motifs is 5. The summed E-state index contributed by atoms with van der Waals surface area (Å²) in [5.74, 6) is 2.00. The molecule has 0 amide bonds. The summed E-state index contributed by atoms with van der Waals surface area (Å²) < 4.78 is 0. The van der Waals surface area contributed by atoms with Crippen LogP contribution in [0.15, 0.2) is 23.8 Å². The number of nitrogens with one attached hydrogen (secondary N) is 1. The third-order valence-corrected chi connectivity index (χ3v) is 7.70. The zero-order chi connectivity index (χ0) is 15.8. The largest absolute Gasteiger partial charge is 0.393 e. The lowest BCUT2D eigenvalue weighted by Gasteiger charge is -2.56. The molecule has 7 atom stereocenters. The Bertz CT molecular complexity index is 552. The highest BCUT2D eigenvalue weighted by Gasteiger charge is 2.58. The van der Waals surface area contributed by atoms with E-state index in [-0.39, 0.29) is 16.9 Å². The van der Waals surface area contributed by atoms with Gasteiger partial charge >= 0.3 is 0 Å². The van der Waals surface area contributed by atoms with Crippen molar-refractivity contribution in [3.63, 3.8) is 0 Å². The minimum atomic E-state index is -0.926. The first kappa shape index (κ1) is 14.9. The summed E-state index contributed by atoms with van der Waals surface area (Å²) in [6.07, 6.45) is 12.7. The van der Waals surface area contributed by atoms with Crippen molar-refractivity contribution in [2.24, 2.45) is 34.3 Å². The van der Waals surface area contributed by atoms with Crippen LogP contribution in [0.3, 0.4) is 0 Å². The van der Waals surface area contributed by atoms with E-state index in [1.54, 1.807) is 0 Å². The molecule has 0 saturated heterocycles. The smallest absolute Gasteiger partial charge is 0.102 e. The Kier molecular flexibility index (Phi) is 3.03. The molecule has 1 radical (unpaired) electrons. The van der Waals surface area contributed by atoms with Crippen LogP contribution in [0.2, 0.25) is 0 Å². The van der Waals surface area contributed by atoms with Crippen LogP contribution in [0.25, 0.3) is 0 Å². The molecule has 0 spiro atoms. The molecule has 22 heavy (non-hydrogen) atoms. The molecule has 4 rings (SSSR count). The van der Waals surface area contributed by atoms with Crippen LogP contribution in [-0.2, 0) is 0 Å². The Labute approximate surface area is 133 Å². The molecule has 4 aliphatic rings. The predicted octanol–water partition coefficient (Wildman–Crippen LogP) is 3.02. The quantitative estimate of drug-likeness (QED) is 0.675. The van der Waals surface area contributed by atoms with Crippen LogP contribution in [0, 0.1) is 28.6 Å². The van der Waals surface area contributed by atoms with Crippen molar-refractivity contribution in [1.29, 1.82) is 0 Å². The Hall–Kier alpha value is -0.640. The standard InChI is InChI=1S/C19H29N2O/c1-17-9-10-19(20,21)11-12(17)3-4-13-14-5-6-16(22)18(14,2)8-7-15(13)17/h3,9-10,13-16,20,22H,4-8,11,21H2,1-2H3/t13?,14?,15?,16-,17-,18-,19-/m0/s1. The Morgan fingerprint density at radius 2 is 1.95 bits per heavy atom. The maximum Gasteiger partial charge on any atom is 0.102 e. The van der Waals surface area contributed by atoms with E-state index in [0.29, 0.717) is 24.2 Å². The van der Waals surface area contributed by atoms with E-state index < -0.39 is 5.66 Å². The average Bonchev–Trinajstić information content (AvgIpc) is 2.76. The second kappa shape index (κ2) is 4.46. The van der Waals surface area contributed by atoms with Gasteiger partial charge in [-0.05, 0) is 55.3 Å². The normalized spacial score (nSPS) is 52.5. The van der Waals surface area contributed by atoms with Crippen LogP contribution in [0.1, 0.15) is 52.4 Å². The summed E-state index contributed by atoms with van der Waals surface area (Å²) in [6.45, 7) is 4.67. The number of hydrogen-bond acceptors (Lipinski definition) is 2. The third-order valence-electron chi connectivity index (χ3n) is 7.70. The van der Waals surface area contributed by atoms with E-state index in [2.05, 4.69) is 26.0 Å². The molecule has 3 nitrogen and oxygen atoms in total. The maximum absolute atomic E-state index is 10.5. The zero-order valence-electron chi connectivity index (χ0n) is 13.8. The van der Waals surface area contributed by atoms with Crippen molar-refractivity contribution in [1.82, 2.24) is 5.73 Å². The number of aliphatic hydroxyl groups is 1. The van der Waals surface area contributed by atoms with E-state index in [1.165, 1.54) is 18.4 Å². The van der Waals surface area contributed by atoms with Gasteiger partial charge in [0.1, 0.15) is 5.66 Å². The van der Waals surface area contributed by atoms with Crippen molar-refractivity contribution in [2.45, 2.75) is 64.1 Å². The van der Waals surface area contributed by atoms with Gasteiger partial charge in [0.25, 0.3) is 0 Å². The molecule has 0 bridgehead atoms. The molecule has 0 aromatic rings. The summed E-state index contributed by atoms with van der Waals surface area (Å²) in [7, 11) is 0. The van der Waals surface area contributed by atoms with Crippen LogP contribution in [-0.4, -0.2) is 16.9 Å². The molecule has 4 aliphatic carbocycles. The van der Waals surface area contributed by atoms with Gasteiger partial charge < -0.3 is 10.8 Å². The molecular weight excluding hydrogens is 272 g/mol. The lowest BCUT2D eigenvalue weighted by atomic mass is 9.49. The molecule has 121 valence electrons. The van der Waals surface area contributed by atoms with E-state index >= 15 is 0 Å². The van der Waals surface area contributed by atoms with Gasteiger partial charge in [-0.25, -0.2) is 5.73 Å². The van der Waals surface area contributed by atoms with Crippen LogP contribution in [0.4, 0.5) is 0 Å². The number of aliphatic hydroxyl groups excluding tert-OH is 1. The van der Waals surface area contributed by atoms with Crippen LogP contribution >= 0.6 is 0 Å². The minimum Gasteiger partial charge on any atom is -0.393 e. The van der Waals surface area contributed by atoms with Crippen molar-refractivity contribution in [2.75, 3.05) is 0 Å². The lowest BCUT2D eigenvalue weighted by Crippen LogP contribution is -2.52. The topological polar surface area (TPSA) is 70.0 Å². The third kappa shape index (κ3) is 1.85. The maximum atomic E-state index is 10.5. The molecule has 3 heteroatoms. The molecule has 2 saturated carbocycles. The van der Waals surface area contributed by atoms with E-state index in [0.717, 1.165) is 19.3 Å². The summed E-state index contributed by atoms with van der Waals surface area (Å²) >= 11 is 0. The minimum absolute atomic E-state index is 0.0850. The van der Waals surface area contributed by atoms with E-state index in [9.17, 15) is 5.11 Å². The molecule has 0 aromatic heterocycles. The molecule has 4 N–H and O–H groups in total. The van der Waals surface area contributed by atoms with Gasteiger partial charge in [-0.2, -0.15) is 0 Å². The van der Waals surface area contributed by atoms with Gasteiger partial charge in [-0.15, -0.1) is 0 Å². The van der Waals surface area contributed by atoms with Crippen molar-refractivity contribution in [3.8, 4) is 0 Å². The molecule has 3 unspecified atom stereocenters. The van der Waals surface area contributed by atoms with Gasteiger partial charge in [0, 0.05) is 11.8 Å². The highest BCUT2D eigenvalue weighted by atomic mass is 16.3. The monoisotopic (exact) mass is 301 g/mol. The van der Waals surface area contributed by atoms with Gasteiger partial charge in [0.15, 0.2) is 0 Å². The SMILES string of the molecule is C[C@]12C=C[C@]([NH])(N)CC1=CCC1C2CC[C@@]2(C)C1CC[C@@H]2O. The highest BCUT2D eigenvalue weighted by Crippen LogP contribution is 2.64. The van der Waals surface area contributed by atoms with Crippen LogP contribution < -0.4 is 11.5 Å². The summed E-state index contributed by atoms with van der Waals surface area (Å²) in [5.41, 5.74) is 14.9. The Morgan fingerprint density at radius 3 is 2.73 bits per heavy atom. The fourth-order valence-electron chi connectivity index (χ4n) is 6.26. The van der Waals surface area contributed by atoms with E-state index in [4.69, 9.17) is 11.5 Å². The van der Waals surface area contributed by atoms with Gasteiger partial charge in [-0.3, -0.25) is 0 Å². The lowest BCUT2D eigenvalue weighted by molar-refractivity contribution is -0.0546. The first-order valence-electron chi connectivity index (χ1n) is 8.88. The molecular formula is C19H29N2O. The van der Waals surface area contributed by atoms with Gasteiger partial charge in [0.2, 0.25) is 0 Å². The second-order valence-corrected chi connectivity index (χ2v) is 8.81. The number of hydrogen-bond donors (Lipinski definition) is 2. The fraction of sp³-hybridized carbons (Fsp3) is 0.789. The molecule has 0 aliphatic heterocycles. The van der Waals surface area contributed by atoms with Gasteiger partial charge in [-0.1, -0.05) is 37.6 Å². The first-order valence-corrected chi connectivity index (χ1v) is 8.88. The predicted molar refractivity (Wildman–Crippen MR) is 87.6 cm³/mol.